The lowest BCUT2D eigenvalue weighted by Crippen LogP contribution is -2.33. The van der Waals surface area contributed by atoms with Gasteiger partial charge in [0.2, 0.25) is 0 Å². The molecular formula is C44H29N5O. The summed E-state index contributed by atoms with van der Waals surface area (Å²) >= 11 is 0. The summed E-state index contributed by atoms with van der Waals surface area (Å²) in [5.74, 6) is 3.12. The molecule has 2 aliphatic heterocycles. The number of fused-ring (bicyclic) bond motifs is 9. The minimum absolute atomic E-state index is 0.248. The van der Waals surface area contributed by atoms with E-state index in [9.17, 15) is 0 Å². The first-order chi connectivity index (χ1) is 24.8. The van der Waals surface area contributed by atoms with E-state index in [0.29, 0.717) is 5.84 Å². The van der Waals surface area contributed by atoms with Crippen LogP contribution in [0.25, 0.3) is 22.3 Å². The van der Waals surface area contributed by atoms with Crippen LogP contribution in [0.15, 0.2) is 174 Å². The van der Waals surface area contributed by atoms with E-state index in [2.05, 4.69) is 106 Å². The average Bonchev–Trinajstić information content (AvgIpc) is 3.48. The quantitative estimate of drug-likeness (QED) is 0.208. The van der Waals surface area contributed by atoms with Gasteiger partial charge in [-0.2, -0.15) is 0 Å². The Bertz CT molecular complexity index is 2440. The van der Waals surface area contributed by atoms with Gasteiger partial charge in [-0.3, -0.25) is 9.97 Å². The number of ether oxygens (including phenoxy) is 1. The van der Waals surface area contributed by atoms with E-state index in [0.717, 1.165) is 56.3 Å². The highest BCUT2D eigenvalue weighted by Crippen LogP contribution is 2.62. The lowest BCUT2D eigenvalue weighted by atomic mass is 9.67. The Morgan fingerprint density at radius 1 is 0.520 bits per heavy atom. The summed E-state index contributed by atoms with van der Waals surface area (Å²) in [6.45, 7) is 0. The topological polar surface area (TPSA) is 71.8 Å². The predicted molar refractivity (Wildman–Crippen MR) is 197 cm³/mol. The number of hydrogen-bond acceptors (Lipinski definition) is 6. The molecule has 236 valence electrons. The SMILES string of the molecule is c1ccc(C2=NC(c3ccc(-c4ccc5c(c4)C4(c6cnccc6Oc6ccncc64)c4ccccc4-5)cc3)=NC(c3ccccc3)N2)cc1. The molecule has 7 aromatic rings. The van der Waals surface area contributed by atoms with Crippen LogP contribution in [0.1, 0.15) is 45.1 Å². The molecule has 1 N–H and O–H groups in total. The van der Waals surface area contributed by atoms with Gasteiger partial charge in [0.25, 0.3) is 0 Å². The first-order valence-electron chi connectivity index (χ1n) is 16.7. The number of benzene rings is 5. The van der Waals surface area contributed by atoms with Crippen LogP contribution in [0.5, 0.6) is 11.5 Å². The number of aromatic nitrogens is 2. The van der Waals surface area contributed by atoms with Crippen LogP contribution < -0.4 is 10.1 Å². The van der Waals surface area contributed by atoms with E-state index in [1.807, 2.05) is 60.9 Å². The number of aliphatic imine (C=N–C) groups is 2. The van der Waals surface area contributed by atoms with Gasteiger partial charge >= 0.3 is 0 Å². The molecule has 0 amide bonds. The van der Waals surface area contributed by atoms with E-state index in [4.69, 9.17) is 14.7 Å². The van der Waals surface area contributed by atoms with Crippen molar-refractivity contribution in [2.24, 2.45) is 9.98 Å². The van der Waals surface area contributed by atoms with Gasteiger partial charge in [0, 0.05) is 47.0 Å². The Labute approximate surface area is 289 Å². The smallest absolute Gasteiger partial charge is 0.159 e. The fourth-order valence-electron chi connectivity index (χ4n) is 7.75. The van der Waals surface area contributed by atoms with Crippen molar-refractivity contribution >= 4 is 11.7 Å². The largest absolute Gasteiger partial charge is 0.456 e. The number of pyridine rings is 2. The molecule has 1 unspecified atom stereocenters. The van der Waals surface area contributed by atoms with Gasteiger partial charge in [0.1, 0.15) is 23.5 Å². The number of hydrogen-bond donors (Lipinski definition) is 1. The molecule has 1 aliphatic carbocycles. The molecule has 6 heteroatoms. The number of amidine groups is 2. The van der Waals surface area contributed by atoms with Gasteiger partial charge < -0.3 is 10.1 Å². The molecule has 5 aromatic carbocycles. The second-order valence-electron chi connectivity index (χ2n) is 12.7. The van der Waals surface area contributed by atoms with Crippen molar-refractivity contribution in [3.05, 3.63) is 203 Å². The van der Waals surface area contributed by atoms with Gasteiger partial charge in [0.05, 0.1) is 5.41 Å². The highest BCUT2D eigenvalue weighted by molar-refractivity contribution is 6.13. The zero-order valence-corrected chi connectivity index (χ0v) is 26.9. The van der Waals surface area contributed by atoms with Crippen LogP contribution in [0, 0.1) is 0 Å². The molecule has 0 saturated carbocycles. The zero-order chi connectivity index (χ0) is 33.1. The van der Waals surface area contributed by atoms with Crippen molar-refractivity contribution in [1.82, 2.24) is 15.3 Å². The standard InChI is InChI=1S/C44H29N5O/c1-3-9-29(10-4-1)41-47-42(30-11-5-2-6-12-30)49-43(48-41)31-17-15-28(16-18-31)32-19-20-34-33-13-7-8-14-35(33)44(36(34)25-32)37-26-45-23-21-39(37)50-40-22-24-46-27-38(40)44/h1-27,41H,(H,47,48,49). The second kappa shape index (κ2) is 11.2. The molecule has 50 heavy (non-hydrogen) atoms. The van der Waals surface area contributed by atoms with Gasteiger partial charge in [-0.05, 0) is 57.1 Å². The minimum Gasteiger partial charge on any atom is -0.456 e. The Balaban J connectivity index is 1.09. The summed E-state index contributed by atoms with van der Waals surface area (Å²) in [5.41, 5.74) is 11.5. The summed E-state index contributed by atoms with van der Waals surface area (Å²) in [6.07, 6.45) is 7.23. The molecule has 2 aromatic heterocycles. The molecule has 1 atom stereocenters. The minimum atomic E-state index is -0.619. The number of nitrogens with one attached hydrogen (secondary N) is 1. The first kappa shape index (κ1) is 28.4. The van der Waals surface area contributed by atoms with Crippen LogP contribution in [0.3, 0.4) is 0 Å². The van der Waals surface area contributed by atoms with Crippen molar-refractivity contribution in [3.8, 4) is 33.8 Å². The monoisotopic (exact) mass is 643 g/mol. The highest BCUT2D eigenvalue weighted by atomic mass is 16.5. The fraction of sp³-hybridized carbons (Fsp3) is 0.0455. The summed E-state index contributed by atoms with van der Waals surface area (Å²) < 4.78 is 6.45. The zero-order valence-electron chi connectivity index (χ0n) is 26.9. The van der Waals surface area contributed by atoms with E-state index >= 15 is 0 Å². The Morgan fingerprint density at radius 3 is 1.88 bits per heavy atom. The van der Waals surface area contributed by atoms with Gasteiger partial charge in [-0.15, -0.1) is 0 Å². The van der Waals surface area contributed by atoms with Crippen molar-refractivity contribution in [3.63, 3.8) is 0 Å². The summed E-state index contributed by atoms with van der Waals surface area (Å²) in [7, 11) is 0. The molecule has 10 rings (SSSR count). The van der Waals surface area contributed by atoms with Crippen molar-refractivity contribution < 1.29 is 4.74 Å². The lowest BCUT2D eigenvalue weighted by Gasteiger charge is -2.38. The molecule has 0 bridgehead atoms. The molecule has 4 heterocycles. The fourth-order valence-corrected chi connectivity index (χ4v) is 7.75. The summed E-state index contributed by atoms with van der Waals surface area (Å²) in [5, 5.41) is 3.54. The normalized spacial score (nSPS) is 16.1. The maximum Gasteiger partial charge on any atom is 0.159 e. The Morgan fingerprint density at radius 2 is 1.14 bits per heavy atom. The van der Waals surface area contributed by atoms with Gasteiger partial charge in [0.15, 0.2) is 5.84 Å². The molecule has 6 nitrogen and oxygen atoms in total. The molecule has 0 radical (unpaired) electrons. The average molecular weight is 644 g/mol. The maximum atomic E-state index is 6.45. The van der Waals surface area contributed by atoms with E-state index in [1.165, 1.54) is 22.3 Å². The number of nitrogens with zero attached hydrogens (tertiary/aromatic N) is 4. The summed E-state index contributed by atoms with van der Waals surface area (Å²) in [6, 6.07) is 48.5. The van der Waals surface area contributed by atoms with Crippen LogP contribution in [0.4, 0.5) is 0 Å². The van der Waals surface area contributed by atoms with Crippen LogP contribution >= 0.6 is 0 Å². The summed E-state index contributed by atoms with van der Waals surface area (Å²) in [4.78, 5) is 19.3. The van der Waals surface area contributed by atoms with Crippen molar-refractivity contribution in [2.45, 2.75) is 11.6 Å². The van der Waals surface area contributed by atoms with Crippen LogP contribution in [0.2, 0.25) is 0 Å². The second-order valence-corrected chi connectivity index (χ2v) is 12.7. The predicted octanol–water partition coefficient (Wildman–Crippen LogP) is 9.11. The molecule has 3 aliphatic rings. The third-order valence-electron chi connectivity index (χ3n) is 10.0. The Hall–Kier alpha value is -6.66. The van der Waals surface area contributed by atoms with E-state index < -0.39 is 5.41 Å². The Kier molecular flexibility index (Phi) is 6.36. The number of rotatable bonds is 4. The molecule has 0 fully saturated rings. The highest BCUT2D eigenvalue weighted by Gasteiger charge is 2.51. The maximum absolute atomic E-state index is 6.45. The molecular weight excluding hydrogens is 615 g/mol. The van der Waals surface area contributed by atoms with Gasteiger partial charge in [-0.25, -0.2) is 9.98 Å². The molecule has 0 saturated heterocycles. The van der Waals surface area contributed by atoms with E-state index in [-0.39, 0.29) is 6.17 Å². The first-order valence-corrected chi connectivity index (χ1v) is 16.7. The van der Waals surface area contributed by atoms with Gasteiger partial charge in [-0.1, -0.05) is 121 Å². The van der Waals surface area contributed by atoms with Crippen molar-refractivity contribution in [1.29, 1.82) is 0 Å². The third-order valence-corrected chi connectivity index (χ3v) is 10.0. The lowest BCUT2D eigenvalue weighted by molar-refractivity contribution is 0.433. The van der Waals surface area contributed by atoms with Crippen LogP contribution in [-0.4, -0.2) is 21.6 Å². The van der Waals surface area contributed by atoms with Crippen LogP contribution in [-0.2, 0) is 5.41 Å². The third kappa shape index (κ3) is 4.28. The van der Waals surface area contributed by atoms with Crippen molar-refractivity contribution in [2.75, 3.05) is 0 Å². The van der Waals surface area contributed by atoms with E-state index in [1.54, 1.807) is 12.4 Å². The molecule has 1 spiro atoms.